The van der Waals surface area contributed by atoms with Crippen LogP contribution in [0.1, 0.15) is 10.4 Å². The molecule has 0 N–H and O–H groups in total. The van der Waals surface area contributed by atoms with E-state index in [2.05, 4.69) is 0 Å². The number of carbonyl (C=O) groups excluding carboxylic acids is 2. The summed E-state index contributed by atoms with van der Waals surface area (Å²) in [7, 11) is 0. The molecule has 0 fully saturated rings. The first-order valence-electron chi connectivity index (χ1n) is 4.65. The van der Waals surface area contributed by atoms with Crippen molar-refractivity contribution in [3.63, 3.8) is 0 Å². The Morgan fingerprint density at radius 3 is 2.81 bits per heavy atom. The molecule has 16 heavy (non-hydrogen) atoms. The molecule has 0 saturated heterocycles. The van der Waals surface area contributed by atoms with Crippen molar-refractivity contribution in [1.82, 2.24) is 0 Å². The van der Waals surface area contributed by atoms with Gasteiger partial charge in [0.1, 0.15) is 0 Å². The minimum Gasteiger partial charge on any atom is -0.295 e. The summed E-state index contributed by atoms with van der Waals surface area (Å²) in [6, 6.07) is 8.88. The third-order valence-corrected chi connectivity index (χ3v) is 3.04. The number of anilines is 1. The quantitative estimate of drug-likeness (QED) is 0.584. The SMILES string of the molecule is N#CCSCN1C(=O)C(=O)c2ccccc21. The zero-order valence-electron chi connectivity index (χ0n) is 8.34. The van der Waals surface area contributed by atoms with Crippen molar-refractivity contribution >= 4 is 29.1 Å². The van der Waals surface area contributed by atoms with E-state index in [1.165, 1.54) is 16.7 Å². The van der Waals surface area contributed by atoms with Gasteiger partial charge in [0.25, 0.3) is 11.7 Å². The van der Waals surface area contributed by atoms with Gasteiger partial charge in [-0.15, -0.1) is 11.8 Å². The second-order valence-electron chi connectivity index (χ2n) is 3.22. The van der Waals surface area contributed by atoms with Gasteiger partial charge in [-0.3, -0.25) is 14.5 Å². The van der Waals surface area contributed by atoms with Crippen molar-refractivity contribution in [3.05, 3.63) is 29.8 Å². The zero-order chi connectivity index (χ0) is 11.5. The van der Waals surface area contributed by atoms with Crippen LogP contribution in [0.15, 0.2) is 24.3 Å². The van der Waals surface area contributed by atoms with Gasteiger partial charge in [0.05, 0.1) is 28.9 Å². The number of ketones is 1. The van der Waals surface area contributed by atoms with Crippen LogP contribution in [0.3, 0.4) is 0 Å². The van der Waals surface area contributed by atoms with Crippen LogP contribution in [0.2, 0.25) is 0 Å². The molecule has 2 rings (SSSR count). The molecule has 1 heterocycles. The van der Waals surface area contributed by atoms with E-state index in [4.69, 9.17) is 5.26 Å². The van der Waals surface area contributed by atoms with Crippen LogP contribution >= 0.6 is 11.8 Å². The van der Waals surface area contributed by atoms with Crippen LogP contribution in [-0.2, 0) is 4.79 Å². The second-order valence-corrected chi connectivity index (χ2v) is 4.17. The van der Waals surface area contributed by atoms with E-state index in [1.54, 1.807) is 24.3 Å². The molecular formula is C11H8N2O2S. The van der Waals surface area contributed by atoms with Gasteiger partial charge >= 0.3 is 0 Å². The molecule has 1 aliphatic rings. The average Bonchev–Trinajstić information content (AvgIpc) is 2.55. The molecule has 0 spiro atoms. The lowest BCUT2D eigenvalue weighted by molar-refractivity contribution is -0.114. The Hall–Kier alpha value is -1.80. The molecule has 0 bridgehead atoms. The summed E-state index contributed by atoms with van der Waals surface area (Å²) >= 11 is 1.31. The van der Waals surface area contributed by atoms with E-state index in [0.717, 1.165) is 0 Å². The lowest BCUT2D eigenvalue weighted by atomic mass is 10.1. The van der Waals surface area contributed by atoms with E-state index in [9.17, 15) is 9.59 Å². The highest BCUT2D eigenvalue weighted by Crippen LogP contribution is 2.29. The second kappa shape index (κ2) is 4.37. The van der Waals surface area contributed by atoms with E-state index in [1.807, 2.05) is 6.07 Å². The molecule has 0 aliphatic carbocycles. The molecule has 0 radical (unpaired) electrons. The topological polar surface area (TPSA) is 61.2 Å². The highest BCUT2D eigenvalue weighted by Gasteiger charge is 2.34. The zero-order valence-corrected chi connectivity index (χ0v) is 9.16. The molecule has 1 aliphatic heterocycles. The van der Waals surface area contributed by atoms with Gasteiger partial charge < -0.3 is 0 Å². The molecule has 0 atom stereocenters. The van der Waals surface area contributed by atoms with Gasteiger partial charge in [0.2, 0.25) is 0 Å². The Bertz CT molecular complexity index is 493. The molecule has 1 aromatic carbocycles. The Morgan fingerprint density at radius 1 is 1.31 bits per heavy atom. The minimum atomic E-state index is -0.508. The van der Waals surface area contributed by atoms with E-state index in [-0.39, 0.29) is 0 Å². The monoisotopic (exact) mass is 232 g/mol. The van der Waals surface area contributed by atoms with Crippen molar-refractivity contribution in [2.45, 2.75) is 0 Å². The van der Waals surface area contributed by atoms with E-state index < -0.39 is 11.7 Å². The maximum atomic E-state index is 11.6. The van der Waals surface area contributed by atoms with Crippen molar-refractivity contribution < 1.29 is 9.59 Å². The Morgan fingerprint density at radius 2 is 2.06 bits per heavy atom. The first kappa shape index (κ1) is 10.7. The third-order valence-electron chi connectivity index (χ3n) is 2.27. The largest absolute Gasteiger partial charge is 0.300 e. The number of rotatable bonds is 3. The molecule has 80 valence electrons. The summed E-state index contributed by atoms with van der Waals surface area (Å²) in [5, 5.41) is 8.41. The summed E-state index contributed by atoms with van der Waals surface area (Å²) < 4.78 is 0. The molecule has 1 amide bonds. The Balaban J connectivity index is 2.24. The summed E-state index contributed by atoms with van der Waals surface area (Å²) in [6.45, 7) is 0. The van der Waals surface area contributed by atoms with Crippen molar-refractivity contribution in [2.75, 3.05) is 16.5 Å². The molecule has 0 unspecified atom stereocenters. The summed E-state index contributed by atoms with van der Waals surface area (Å²) in [6.07, 6.45) is 0. The minimum absolute atomic E-state index is 0.306. The number of thioether (sulfide) groups is 1. The van der Waals surface area contributed by atoms with Gasteiger partial charge in [0, 0.05) is 0 Å². The smallest absolute Gasteiger partial charge is 0.295 e. The van der Waals surface area contributed by atoms with Gasteiger partial charge in [-0.25, -0.2) is 0 Å². The first-order valence-corrected chi connectivity index (χ1v) is 5.81. The highest BCUT2D eigenvalue weighted by atomic mass is 32.2. The number of hydrogen-bond donors (Lipinski definition) is 0. The fourth-order valence-electron chi connectivity index (χ4n) is 1.56. The lowest BCUT2D eigenvalue weighted by Gasteiger charge is -2.14. The van der Waals surface area contributed by atoms with Crippen molar-refractivity contribution in [1.29, 1.82) is 5.26 Å². The van der Waals surface area contributed by atoms with Crippen LogP contribution in [-0.4, -0.2) is 23.3 Å². The number of Topliss-reactive ketones (excluding diaryl/α,β-unsaturated/α-hetero) is 1. The summed E-state index contributed by atoms with van der Waals surface area (Å²) in [5.41, 5.74) is 1.09. The van der Waals surface area contributed by atoms with Gasteiger partial charge in [0.15, 0.2) is 0 Å². The van der Waals surface area contributed by atoms with Crippen LogP contribution in [0.5, 0.6) is 0 Å². The van der Waals surface area contributed by atoms with Gasteiger partial charge in [-0.1, -0.05) is 12.1 Å². The van der Waals surface area contributed by atoms with E-state index >= 15 is 0 Å². The maximum absolute atomic E-state index is 11.6. The number of benzene rings is 1. The normalized spacial score (nSPS) is 13.8. The number of amides is 1. The van der Waals surface area contributed by atoms with Crippen molar-refractivity contribution in [3.8, 4) is 6.07 Å². The predicted octanol–water partition coefficient (Wildman–Crippen LogP) is 1.43. The fourth-order valence-corrected chi connectivity index (χ4v) is 2.18. The summed E-state index contributed by atoms with van der Waals surface area (Å²) in [4.78, 5) is 24.6. The standard InChI is InChI=1S/C11H8N2O2S/c12-5-6-16-7-13-9-4-2-1-3-8(9)10(14)11(13)15/h1-4H,6-7H2. The van der Waals surface area contributed by atoms with Crippen LogP contribution in [0.25, 0.3) is 0 Å². The Kier molecular flexibility index (Phi) is 2.93. The number of nitrogens with zero attached hydrogens (tertiary/aromatic N) is 2. The number of para-hydroxylation sites is 1. The van der Waals surface area contributed by atoms with Crippen LogP contribution in [0.4, 0.5) is 5.69 Å². The van der Waals surface area contributed by atoms with Crippen molar-refractivity contribution in [2.24, 2.45) is 0 Å². The third kappa shape index (κ3) is 1.68. The molecule has 0 saturated carbocycles. The average molecular weight is 232 g/mol. The number of fused-ring (bicyclic) bond motifs is 1. The maximum Gasteiger partial charge on any atom is 0.300 e. The number of hydrogen-bond acceptors (Lipinski definition) is 4. The molecular weight excluding hydrogens is 224 g/mol. The fraction of sp³-hybridized carbons (Fsp3) is 0.182. The van der Waals surface area contributed by atoms with Gasteiger partial charge in [-0.2, -0.15) is 5.26 Å². The molecule has 5 heteroatoms. The molecule has 0 aromatic heterocycles. The van der Waals surface area contributed by atoms with Crippen LogP contribution in [0, 0.1) is 11.3 Å². The first-order chi connectivity index (χ1) is 7.75. The number of nitriles is 1. The van der Waals surface area contributed by atoms with Crippen LogP contribution < -0.4 is 4.90 Å². The molecule has 4 nitrogen and oxygen atoms in total. The van der Waals surface area contributed by atoms with Gasteiger partial charge in [-0.05, 0) is 12.1 Å². The Labute approximate surface area is 96.8 Å². The summed E-state index contributed by atoms with van der Waals surface area (Å²) in [5.74, 6) is -0.324. The molecule has 1 aromatic rings. The number of carbonyl (C=O) groups is 2. The van der Waals surface area contributed by atoms with E-state index in [0.29, 0.717) is 22.9 Å². The predicted molar refractivity (Wildman–Crippen MR) is 61.2 cm³/mol. The lowest BCUT2D eigenvalue weighted by Crippen LogP contribution is -2.29. The highest BCUT2D eigenvalue weighted by molar-refractivity contribution is 7.99.